The van der Waals surface area contributed by atoms with Crippen molar-refractivity contribution in [1.82, 2.24) is 0 Å². The highest BCUT2D eigenvalue weighted by molar-refractivity contribution is 6.71. The van der Waals surface area contributed by atoms with Crippen molar-refractivity contribution in [3.8, 4) is 0 Å². The van der Waals surface area contributed by atoms with E-state index in [-0.39, 0.29) is 0 Å². The molecule has 0 saturated heterocycles. The monoisotopic (exact) mass is 342 g/mol. The van der Waals surface area contributed by atoms with Crippen molar-refractivity contribution in [3.63, 3.8) is 0 Å². The molecular formula is C22H34OSi. The molecule has 0 spiro atoms. The van der Waals surface area contributed by atoms with Crippen LogP contribution in [0.4, 0.5) is 0 Å². The Morgan fingerprint density at radius 1 is 1.25 bits per heavy atom. The summed E-state index contributed by atoms with van der Waals surface area (Å²) in [6.07, 6.45) is 8.48. The zero-order valence-electron chi connectivity index (χ0n) is 16.0. The number of hydrogen-bond donors (Lipinski definition) is 0. The molecule has 2 rings (SSSR count). The van der Waals surface area contributed by atoms with Gasteiger partial charge in [-0.25, -0.2) is 0 Å². The van der Waals surface area contributed by atoms with E-state index < -0.39 is 8.32 Å². The maximum absolute atomic E-state index is 6.64. The molecule has 0 aliphatic heterocycles. The smallest absolute Gasteiger partial charge is 0.187 e. The Morgan fingerprint density at radius 3 is 2.62 bits per heavy atom. The van der Waals surface area contributed by atoms with E-state index in [1.807, 2.05) is 0 Å². The maximum atomic E-state index is 6.64. The van der Waals surface area contributed by atoms with Gasteiger partial charge in [0, 0.05) is 6.10 Å². The van der Waals surface area contributed by atoms with Crippen LogP contribution in [0.25, 0.3) is 0 Å². The largest absolute Gasteiger partial charge is 0.414 e. The quantitative estimate of drug-likeness (QED) is 0.512. The number of unbranched alkanes of at least 4 members (excludes halogenated alkanes) is 1. The van der Waals surface area contributed by atoms with Gasteiger partial charge >= 0.3 is 0 Å². The summed E-state index contributed by atoms with van der Waals surface area (Å²) in [6.45, 7) is 13.7. The highest BCUT2D eigenvalue weighted by atomic mass is 28.4. The summed E-state index contributed by atoms with van der Waals surface area (Å²) >= 11 is 0. The van der Waals surface area contributed by atoms with Crippen LogP contribution in [0.15, 0.2) is 54.1 Å². The van der Waals surface area contributed by atoms with E-state index in [4.69, 9.17) is 4.43 Å². The predicted molar refractivity (Wildman–Crippen MR) is 108 cm³/mol. The molecule has 0 heterocycles. The van der Waals surface area contributed by atoms with Crippen molar-refractivity contribution in [2.24, 2.45) is 5.92 Å². The molecule has 0 amide bonds. The van der Waals surface area contributed by atoms with E-state index in [9.17, 15) is 0 Å². The topological polar surface area (TPSA) is 9.23 Å². The fraction of sp³-hybridized carbons (Fsp3) is 0.545. The summed E-state index contributed by atoms with van der Waals surface area (Å²) in [5.41, 5.74) is 4.10. The molecule has 2 atom stereocenters. The van der Waals surface area contributed by atoms with Crippen molar-refractivity contribution >= 4 is 8.32 Å². The Labute approximate surface area is 150 Å². The highest BCUT2D eigenvalue weighted by Crippen LogP contribution is 2.36. The number of allylic oxidation sites excluding steroid dienone is 2. The third-order valence-electron chi connectivity index (χ3n) is 5.12. The first-order valence-corrected chi connectivity index (χ1v) is 12.6. The molecule has 1 aliphatic carbocycles. The van der Waals surface area contributed by atoms with Gasteiger partial charge in [-0.2, -0.15) is 0 Å². The van der Waals surface area contributed by atoms with Crippen LogP contribution in [-0.2, 0) is 10.8 Å². The van der Waals surface area contributed by atoms with E-state index in [0.717, 1.165) is 19.3 Å². The maximum Gasteiger partial charge on any atom is 0.187 e. The molecule has 1 fully saturated rings. The molecule has 0 unspecified atom stereocenters. The Balaban J connectivity index is 2.02. The molecule has 2 heteroatoms. The standard InChI is InChI=1S/C22H34OSi/c1-6-7-15-24(4,5)23-22-16-18(2)19(3)21(17-22)14-13-20-11-9-8-10-12-20/h8-12,14,18,22H,3,6-7,13,15-17H2,1-2,4-5H3/b21-14-/t18-,22+/m0/s1. The van der Waals surface area contributed by atoms with Crippen LogP contribution in [0.1, 0.15) is 45.1 Å². The van der Waals surface area contributed by atoms with Gasteiger partial charge < -0.3 is 4.43 Å². The van der Waals surface area contributed by atoms with Crippen molar-refractivity contribution < 1.29 is 4.43 Å². The SMILES string of the molecule is C=C1/C(=C\Cc2ccccc2)C[C@H](O[Si](C)(C)CCCC)C[C@@H]1C. The van der Waals surface area contributed by atoms with Crippen LogP contribution in [-0.4, -0.2) is 14.4 Å². The second kappa shape index (κ2) is 8.82. The van der Waals surface area contributed by atoms with Gasteiger partial charge in [0.25, 0.3) is 0 Å². The third-order valence-corrected chi connectivity index (χ3v) is 7.65. The summed E-state index contributed by atoms with van der Waals surface area (Å²) in [5.74, 6) is 0.529. The minimum atomic E-state index is -1.54. The average Bonchev–Trinajstić information content (AvgIpc) is 2.55. The number of hydrogen-bond acceptors (Lipinski definition) is 1. The fourth-order valence-electron chi connectivity index (χ4n) is 3.58. The first-order chi connectivity index (χ1) is 11.4. The predicted octanol–water partition coefficient (Wildman–Crippen LogP) is 6.53. The number of benzene rings is 1. The minimum Gasteiger partial charge on any atom is -0.414 e. The average molecular weight is 343 g/mol. The zero-order valence-corrected chi connectivity index (χ0v) is 17.0. The van der Waals surface area contributed by atoms with Gasteiger partial charge in [-0.05, 0) is 61.0 Å². The Kier molecular flexibility index (Phi) is 7.06. The van der Waals surface area contributed by atoms with Gasteiger partial charge in [0.15, 0.2) is 8.32 Å². The summed E-state index contributed by atoms with van der Waals surface area (Å²) < 4.78 is 6.64. The van der Waals surface area contributed by atoms with Gasteiger partial charge in [-0.3, -0.25) is 0 Å². The van der Waals surface area contributed by atoms with E-state index in [0.29, 0.717) is 12.0 Å². The lowest BCUT2D eigenvalue weighted by molar-refractivity contribution is 0.157. The summed E-state index contributed by atoms with van der Waals surface area (Å²) in [7, 11) is -1.54. The van der Waals surface area contributed by atoms with Gasteiger partial charge in [-0.15, -0.1) is 0 Å². The lowest BCUT2D eigenvalue weighted by Gasteiger charge is -2.36. The second-order valence-electron chi connectivity index (χ2n) is 7.89. The summed E-state index contributed by atoms with van der Waals surface area (Å²) in [4.78, 5) is 0. The lowest BCUT2D eigenvalue weighted by atomic mass is 9.80. The van der Waals surface area contributed by atoms with Crippen molar-refractivity contribution in [2.45, 2.75) is 71.2 Å². The molecule has 1 aromatic rings. The van der Waals surface area contributed by atoms with E-state index in [1.54, 1.807) is 0 Å². The van der Waals surface area contributed by atoms with E-state index >= 15 is 0 Å². The van der Waals surface area contributed by atoms with Gasteiger partial charge in [0.1, 0.15) is 0 Å². The first kappa shape index (κ1) is 19.2. The second-order valence-corrected chi connectivity index (χ2v) is 12.1. The van der Waals surface area contributed by atoms with Gasteiger partial charge in [0.2, 0.25) is 0 Å². The molecule has 0 N–H and O–H groups in total. The Morgan fingerprint density at radius 2 is 1.96 bits per heavy atom. The molecule has 132 valence electrons. The van der Waals surface area contributed by atoms with Crippen LogP contribution in [0.5, 0.6) is 0 Å². The van der Waals surface area contributed by atoms with Crippen molar-refractivity contribution in [2.75, 3.05) is 0 Å². The molecule has 0 bridgehead atoms. The third kappa shape index (κ3) is 5.75. The van der Waals surface area contributed by atoms with Gasteiger partial charge in [-0.1, -0.05) is 69.7 Å². The number of rotatable bonds is 7. The Bertz CT molecular complexity index is 559. The molecule has 0 radical (unpaired) electrons. The fourth-order valence-corrected chi connectivity index (χ4v) is 5.99. The van der Waals surface area contributed by atoms with Crippen LogP contribution < -0.4 is 0 Å². The molecule has 1 aromatic carbocycles. The van der Waals surface area contributed by atoms with Crippen LogP contribution in [0, 0.1) is 5.92 Å². The molecule has 1 saturated carbocycles. The lowest BCUT2D eigenvalue weighted by Crippen LogP contribution is -2.38. The normalized spacial score (nSPS) is 23.7. The van der Waals surface area contributed by atoms with E-state index in [2.05, 4.69) is 69.9 Å². The van der Waals surface area contributed by atoms with E-state index in [1.165, 1.54) is 35.6 Å². The van der Waals surface area contributed by atoms with Crippen LogP contribution >= 0.6 is 0 Å². The van der Waals surface area contributed by atoms with Gasteiger partial charge in [0.05, 0.1) is 0 Å². The highest BCUT2D eigenvalue weighted by Gasteiger charge is 2.31. The van der Waals surface area contributed by atoms with Crippen LogP contribution in [0.3, 0.4) is 0 Å². The summed E-state index contributed by atoms with van der Waals surface area (Å²) in [5, 5.41) is 0. The molecule has 24 heavy (non-hydrogen) atoms. The molecule has 1 nitrogen and oxygen atoms in total. The molecule has 1 aliphatic rings. The van der Waals surface area contributed by atoms with Crippen LogP contribution in [0.2, 0.25) is 19.1 Å². The minimum absolute atomic E-state index is 0.381. The Hall–Kier alpha value is -1.12. The zero-order chi connectivity index (χ0) is 17.6. The molecule has 0 aromatic heterocycles. The first-order valence-electron chi connectivity index (χ1n) is 9.51. The van der Waals surface area contributed by atoms with Crippen molar-refractivity contribution in [1.29, 1.82) is 0 Å². The summed E-state index contributed by atoms with van der Waals surface area (Å²) in [6, 6.07) is 12.0. The molecular weight excluding hydrogens is 308 g/mol. The van der Waals surface area contributed by atoms with Crippen molar-refractivity contribution in [3.05, 3.63) is 59.7 Å².